The summed E-state index contributed by atoms with van der Waals surface area (Å²) < 4.78 is 0. The number of benzene rings is 2. The van der Waals surface area contributed by atoms with E-state index < -0.39 is 0 Å². The SMILES string of the molecule is CCC(O)CN1CCN(c2nc(-c3ccccc3)nc(C)c2Cc2cccc(C)c2)CC1. The molecule has 3 aromatic rings. The second-order valence-corrected chi connectivity index (χ2v) is 8.82. The highest BCUT2D eigenvalue weighted by Gasteiger charge is 2.24. The van der Waals surface area contributed by atoms with E-state index in [0.29, 0.717) is 0 Å². The van der Waals surface area contributed by atoms with Crippen LogP contribution in [0.4, 0.5) is 5.82 Å². The summed E-state index contributed by atoms with van der Waals surface area (Å²) >= 11 is 0. The third-order valence-corrected chi connectivity index (χ3v) is 6.30. The maximum Gasteiger partial charge on any atom is 0.161 e. The van der Waals surface area contributed by atoms with E-state index in [0.717, 1.165) is 68.5 Å². The Hall–Kier alpha value is -2.76. The second-order valence-electron chi connectivity index (χ2n) is 8.82. The van der Waals surface area contributed by atoms with E-state index in [4.69, 9.17) is 9.97 Å². The Labute approximate surface area is 191 Å². The maximum atomic E-state index is 10.0. The lowest BCUT2D eigenvalue weighted by Gasteiger charge is -2.37. The van der Waals surface area contributed by atoms with Crippen molar-refractivity contribution in [2.75, 3.05) is 37.6 Å². The van der Waals surface area contributed by atoms with Crippen LogP contribution in [-0.4, -0.2) is 58.8 Å². The first-order valence-corrected chi connectivity index (χ1v) is 11.7. The zero-order valence-electron chi connectivity index (χ0n) is 19.5. The topological polar surface area (TPSA) is 52.5 Å². The number of aromatic nitrogens is 2. The van der Waals surface area contributed by atoms with Gasteiger partial charge in [-0.15, -0.1) is 0 Å². The Morgan fingerprint density at radius 3 is 2.38 bits per heavy atom. The lowest BCUT2D eigenvalue weighted by Crippen LogP contribution is -2.49. The molecule has 0 saturated carbocycles. The van der Waals surface area contributed by atoms with Crippen LogP contribution in [0.1, 0.15) is 35.7 Å². The van der Waals surface area contributed by atoms with Crippen molar-refractivity contribution in [2.45, 2.75) is 39.7 Å². The van der Waals surface area contributed by atoms with Gasteiger partial charge >= 0.3 is 0 Å². The molecule has 32 heavy (non-hydrogen) atoms. The minimum atomic E-state index is -0.246. The fourth-order valence-electron chi connectivity index (χ4n) is 4.36. The molecule has 0 aliphatic carbocycles. The Morgan fingerprint density at radius 2 is 1.69 bits per heavy atom. The molecule has 5 heteroatoms. The Bertz CT molecular complexity index is 1030. The van der Waals surface area contributed by atoms with Crippen LogP contribution in [0.15, 0.2) is 54.6 Å². The lowest BCUT2D eigenvalue weighted by molar-refractivity contribution is 0.106. The van der Waals surface area contributed by atoms with Crippen LogP contribution in [0.2, 0.25) is 0 Å². The number of aliphatic hydroxyl groups excluding tert-OH is 1. The zero-order valence-corrected chi connectivity index (χ0v) is 19.5. The number of anilines is 1. The molecule has 168 valence electrons. The van der Waals surface area contributed by atoms with E-state index in [9.17, 15) is 5.11 Å². The minimum Gasteiger partial charge on any atom is -0.392 e. The van der Waals surface area contributed by atoms with E-state index in [1.165, 1.54) is 16.7 Å². The third-order valence-electron chi connectivity index (χ3n) is 6.30. The van der Waals surface area contributed by atoms with Crippen molar-refractivity contribution in [3.05, 3.63) is 77.0 Å². The number of rotatable bonds is 7. The number of piperazine rings is 1. The maximum absolute atomic E-state index is 10.0. The normalized spacial score (nSPS) is 15.7. The molecule has 0 spiro atoms. The van der Waals surface area contributed by atoms with Gasteiger partial charge in [-0.1, -0.05) is 67.1 Å². The average Bonchev–Trinajstić information content (AvgIpc) is 2.81. The summed E-state index contributed by atoms with van der Waals surface area (Å²) in [5.41, 5.74) is 5.85. The van der Waals surface area contributed by atoms with Gasteiger partial charge in [-0.3, -0.25) is 4.90 Å². The number of nitrogens with zero attached hydrogens (tertiary/aromatic N) is 4. The predicted molar refractivity (Wildman–Crippen MR) is 131 cm³/mol. The van der Waals surface area contributed by atoms with Crippen molar-refractivity contribution >= 4 is 5.82 Å². The first-order chi connectivity index (χ1) is 15.5. The van der Waals surface area contributed by atoms with Gasteiger partial charge in [-0.2, -0.15) is 0 Å². The molecule has 1 aromatic heterocycles. The van der Waals surface area contributed by atoms with Gasteiger partial charge in [0.1, 0.15) is 5.82 Å². The number of aryl methyl sites for hydroxylation is 2. The second kappa shape index (κ2) is 10.2. The fourth-order valence-corrected chi connectivity index (χ4v) is 4.36. The van der Waals surface area contributed by atoms with Crippen LogP contribution < -0.4 is 4.90 Å². The molecular weight excluding hydrogens is 396 g/mol. The molecule has 2 heterocycles. The van der Waals surface area contributed by atoms with Gasteiger partial charge in [-0.05, 0) is 25.8 Å². The van der Waals surface area contributed by atoms with Gasteiger partial charge < -0.3 is 10.0 Å². The Balaban J connectivity index is 1.65. The summed E-state index contributed by atoms with van der Waals surface area (Å²) in [4.78, 5) is 14.8. The molecule has 1 fully saturated rings. The molecule has 2 aromatic carbocycles. The summed E-state index contributed by atoms with van der Waals surface area (Å²) in [6.07, 6.45) is 1.38. The summed E-state index contributed by atoms with van der Waals surface area (Å²) in [6.45, 7) is 10.7. The molecule has 1 aliphatic rings. The van der Waals surface area contributed by atoms with E-state index in [1.54, 1.807) is 0 Å². The third kappa shape index (κ3) is 5.34. The van der Waals surface area contributed by atoms with Gasteiger partial charge in [0, 0.05) is 56.0 Å². The molecule has 0 radical (unpaired) electrons. The van der Waals surface area contributed by atoms with Crippen molar-refractivity contribution in [1.29, 1.82) is 0 Å². The van der Waals surface area contributed by atoms with Crippen molar-refractivity contribution in [1.82, 2.24) is 14.9 Å². The monoisotopic (exact) mass is 430 g/mol. The van der Waals surface area contributed by atoms with Gasteiger partial charge in [0.05, 0.1) is 6.10 Å². The van der Waals surface area contributed by atoms with E-state index in [1.807, 2.05) is 25.1 Å². The molecule has 4 rings (SSSR count). The number of aliphatic hydroxyl groups is 1. The lowest BCUT2D eigenvalue weighted by atomic mass is 10.0. The highest BCUT2D eigenvalue weighted by atomic mass is 16.3. The van der Waals surface area contributed by atoms with E-state index >= 15 is 0 Å². The molecule has 1 atom stereocenters. The standard InChI is InChI=1S/C27H34N4O/c1-4-24(32)19-30-13-15-31(16-14-30)27-25(18-22-10-8-9-20(2)17-22)21(3)28-26(29-27)23-11-6-5-7-12-23/h5-12,17,24,32H,4,13-16,18-19H2,1-3H3. The molecule has 5 nitrogen and oxygen atoms in total. The van der Waals surface area contributed by atoms with Crippen LogP contribution in [0, 0.1) is 13.8 Å². The van der Waals surface area contributed by atoms with Crippen LogP contribution in [0.5, 0.6) is 0 Å². The minimum absolute atomic E-state index is 0.246. The van der Waals surface area contributed by atoms with Crippen molar-refractivity contribution in [3.8, 4) is 11.4 Å². The van der Waals surface area contributed by atoms with E-state index in [-0.39, 0.29) is 6.10 Å². The quantitative estimate of drug-likeness (QED) is 0.607. The number of β-amino-alcohol motifs (C(OH)–C–C–N with tert-alkyl or cyclic N) is 1. The van der Waals surface area contributed by atoms with Crippen LogP contribution in [0.3, 0.4) is 0 Å². The number of hydrogen-bond donors (Lipinski definition) is 1. The van der Waals surface area contributed by atoms with Gasteiger partial charge in [0.2, 0.25) is 0 Å². The molecule has 0 bridgehead atoms. The molecule has 1 unspecified atom stereocenters. The van der Waals surface area contributed by atoms with Crippen molar-refractivity contribution < 1.29 is 5.11 Å². The Kier molecular flexibility index (Phi) is 7.18. The first kappa shape index (κ1) is 22.4. The van der Waals surface area contributed by atoms with Crippen molar-refractivity contribution in [2.24, 2.45) is 0 Å². The average molecular weight is 431 g/mol. The summed E-state index contributed by atoms with van der Waals surface area (Å²) in [5, 5.41) is 10.0. The fraction of sp³-hybridized carbons (Fsp3) is 0.407. The van der Waals surface area contributed by atoms with Gasteiger partial charge in [0.15, 0.2) is 5.82 Å². The van der Waals surface area contributed by atoms with Gasteiger partial charge in [0.25, 0.3) is 0 Å². The smallest absolute Gasteiger partial charge is 0.161 e. The molecule has 1 aliphatic heterocycles. The van der Waals surface area contributed by atoms with Crippen LogP contribution >= 0.6 is 0 Å². The largest absolute Gasteiger partial charge is 0.392 e. The summed E-state index contributed by atoms with van der Waals surface area (Å²) in [5.74, 6) is 1.84. The van der Waals surface area contributed by atoms with Crippen molar-refractivity contribution in [3.63, 3.8) is 0 Å². The summed E-state index contributed by atoms with van der Waals surface area (Å²) in [6, 6.07) is 18.9. The highest BCUT2D eigenvalue weighted by molar-refractivity contribution is 5.61. The highest BCUT2D eigenvalue weighted by Crippen LogP contribution is 2.28. The Morgan fingerprint density at radius 1 is 0.938 bits per heavy atom. The van der Waals surface area contributed by atoms with Crippen LogP contribution in [0.25, 0.3) is 11.4 Å². The molecular formula is C27H34N4O. The van der Waals surface area contributed by atoms with E-state index in [2.05, 4.69) is 60.0 Å². The zero-order chi connectivity index (χ0) is 22.5. The summed E-state index contributed by atoms with van der Waals surface area (Å²) in [7, 11) is 0. The first-order valence-electron chi connectivity index (χ1n) is 11.7. The molecule has 1 N–H and O–H groups in total. The molecule has 1 saturated heterocycles. The molecule has 0 amide bonds. The predicted octanol–water partition coefficient (Wildman–Crippen LogP) is 4.24. The number of hydrogen-bond acceptors (Lipinski definition) is 5. The van der Waals surface area contributed by atoms with Gasteiger partial charge in [-0.25, -0.2) is 9.97 Å². The van der Waals surface area contributed by atoms with Crippen LogP contribution in [-0.2, 0) is 6.42 Å².